The lowest BCUT2D eigenvalue weighted by atomic mass is 10.2. The molecule has 0 unspecified atom stereocenters. The van der Waals surface area contributed by atoms with Crippen LogP contribution >= 0.6 is 11.3 Å². The summed E-state index contributed by atoms with van der Waals surface area (Å²) in [6.45, 7) is 6.89. The highest BCUT2D eigenvalue weighted by atomic mass is 32.1. The van der Waals surface area contributed by atoms with Gasteiger partial charge in [0.05, 0.1) is 11.9 Å². The lowest BCUT2D eigenvalue weighted by molar-refractivity contribution is 0.530. The van der Waals surface area contributed by atoms with Crippen molar-refractivity contribution in [3.63, 3.8) is 0 Å². The number of nitrogens with zero attached hydrogens (tertiary/aromatic N) is 6. The molecule has 6 nitrogen and oxygen atoms in total. The first kappa shape index (κ1) is 12.7. The number of aromatic nitrogens is 5. The standard InChI is InChI=1S/C14H16N6S/c1-9(2)12-18-17-11-7-19(4-5-20(11)12)13-10-3-6-21-14(10)16-8-15-13/h3,6,8-9H,4-5,7H2,1-2H3. The molecule has 0 aromatic carbocycles. The van der Waals surface area contributed by atoms with Crippen LogP contribution in [0.3, 0.4) is 0 Å². The average molecular weight is 300 g/mol. The maximum atomic E-state index is 4.48. The molecule has 0 spiro atoms. The summed E-state index contributed by atoms with van der Waals surface area (Å²) in [6.07, 6.45) is 1.65. The highest BCUT2D eigenvalue weighted by Gasteiger charge is 2.24. The summed E-state index contributed by atoms with van der Waals surface area (Å²) in [4.78, 5) is 12.1. The van der Waals surface area contributed by atoms with E-state index in [0.717, 1.165) is 47.3 Å². The first-order valence-electron chi connectivity index (χ1n) is 7.09. The fourth-order valence-corrected chi connectivity index (χ4v) is 3.54. The van der Waals surface area contributed by atoms with Gasteiger partial charge in [-0.1, -0.05) is 13.8 Å². The van der Waals surface area contributed by atoms with Crippen molar-refractivity contribution in [2.45, 2.75) is 32.9 Å². The Morgan fingerprint density at radius 1 is 1.19 bits per heavy atom. The molecule has 21 heavy (non-hydrogen) atoms. The first-order chi connectivity index (χ1) is 10.2. The third-order valence-electron chi connectivity index (χ3n) is 3.84. The van der Waals surface area contributed by atoms with E-state index in [4.69, 9.17) is 0 Å². The smallest absolute Gasteiger partial charge is 0.152 e. The van der Waals surface area contributed by atoms with Gasteiger partial charge in [-0.3, -0.25) is 0 Å². The SMILES string of the molecule is CC(C)c1nnc2n1CCN(c1ncnc3sccc13)C2. The number of hydrogen-bond acceptors (Lipinski definition) is 6. The fourth-order valence-electron chi connectivity index (χ4n) is 2.82. The minimum absolute atomic E-state index is 0.403. The Bertz CT molecular complexity index is 790. The first-order valence-corrected chi connectivity index (χ1v) is 7.97. The normalized spacial score (nSPS) is 14.9. The van der Waals surface area contributed by atoms with E-state index < -0.39 is 0 Å². The zero-order chi connectivity index (χ0) is 14.4. The van der Waals surface area contributed by atoms with Gasteiger partial charge in [0, 0.05) is 19.0 Å². The Balaban J connectivity index is 1.71. The van der Waals surface area contributed by atoms with Gasteiger partial charge in [-0.05, 0) is 11.4 Å². The van der Waals surface area contributed by atoms with Crippen LogP contribution in [0.4, 0.5) is 5.82 Å². The zero-order valence-corrected chi connectivity index (χ0v) is 12.8. The maximum Gasteiger partial charge on any atom is 0.152 e. The van der Waals surface area contributed by atoms with Crippen molar-refractivity contribution in [2.24, 2.45) is 0 Å². The number of thiophene rings is 1. The average Bonchev–Trinajstić information content (AvgIpc) is 3.12. The minimum Gasteiger partial charge on any atom is -0.347 e. The van der Waals surface area contributed by atoms with Crippen LogP contribution in [-0.2, 0) is 13.1 Å². The molecular formula is C14H16N6S. The molecule has 0 aliphatic carbocycles. The Morgan fingerprint density at radius 2 is 2.10 bits per heavy atom. The summed E-state index contributed by atoms with van der Waals surface area (Å²) in [7, 11) is 0. The van der Waals surface area contributed by atoms with Crippen LogP contribution in [0, 0.1) is 0 Å². The number of hydrogen-bond donors (Lipinski definition) is 0. The molecule has 1 aliphatic heterocycles. The van der Waals surface area contributed by atoms with Gasteiger partial charge in [-0.25, -0.2) is 9.97 Å². The van der Waals surface area contributed by atoms with E-state index in [1.807, 2.05) is 0 Å². The van der Waals surface area contributed by atoms with E-state index in [2.05, 4.69) is 54.9 Å². The molecule has 3 aromatic heterocycles. The summed E-state index contributed by atoms with van der Waals surface area (Å²) in [5.41, 5.74) is 0. The second-order valence-electron chi connectivity index (χ2n) is 5.54. The van der Waals surface area contributed by atoms with Crippen molar-refractivity contribution < 1.29 is 0 Å². The lowest BCUT2D eigenvalue weighted by Gasteiger charge is -2.29. The molecule has 0 fully saturated rings. The van der Waals surface area contributed by atoms with Crippen LogP contribution in [0.25, 0.3) is 10.2 Å². The number of anilines is 1. The second kappa shape index (κ2) is 4.77. The summed E-state index contributed by atoms with van der Waals surface area (Å²) >= 11 is 1.65. The molecular weight excluding hydrogens is 284 g/mol. The summed E-state index contributed by atoms with van der Waals surface area (Å²) in [6, 6.07) is 2.09. The van der Waals surface area contributed by atoms with Crippen molar-refractivity contribution in [1.82, 2.24) is 24.7 Å². The maximum absolute atomic E-state index is 4.48. The van der Waals surface area contributed by atoms with Gasteiger partial charge in [0.15, 0.2) is 5.82 Å². The van der Waals surface area contributed by atoms with Crippen molar-refractivity contribution >= 4 is 27.4 Å². The largest absolute Gasteiger partial charge is 0.347 e. The highest BCUT2D eigenvalue weighted by molar-refractivity contribution is 7.16. The van der Waals surface area contributed by atoms with E-state index in [1.54, 1.807) is 17.7 Å². The molecule has 0 saturated carbocycles. The third-order valence-corrected chi connectivity index (χ3v) is 4.66. The number of rotatable bonds is 2. The second-order valence-corrected chi connectivity index (χ2v) is 6.43. The van der Waals surface area contributed by atoms with Crippen LogP contribution in [0.2, 0.25) is 0 Å². The molecule has 108 valence electrons. The van der Waals surface area contributed by atoms with E-state index in [0.29, 0.717) is 5.92 Å². The predicted molar refractivity (Wildman–Crippen MR) is 82.6 cm³/mol. The zero-order valence-electron chi connectivity index (χ0n) is 12.0. The molecule has 0 saturated heterocycles. The Kier molecular flexibility index (Phi) is 2.88. The van der Waals surface area contributed by atoms with Gasteiger partial charge in [0.25, 0.3) is 0 Å². The van der Waals surface area contributed by atoms with Gasteiger partial charge in [-0.15, -0.1) is 21.5 Å². The molecule has 4 heterocycles. The van der Waals surface area contributed by atoms with Crippen molar-refractivity contribution in [1.29, 1.82) is 0 Å². The highest BCUT2D eigenvalue weighted by Crippen LogP contribution is 2.29. The van der Waals surface area contributed by atoms with E-state index in [9.17, 15) is 0 Å². The van der Waals surface area contributed by atoms with Gasteiger partial charge in [0.1, 0.15) is 22.8 Å². The number of fused-ring (bicyclic) bond motifs is 2. The third kappa shape index (κ3) is 1.99. The molecule has 0 radical (unpaired) electrons. The molecule has 3 aromatic rings. The summed E-state index contributed by atoms with van der Waals surface area (Å²) < 4.78 is 2.24. The Hall–Kier alpha value is -2.02. The lowest BCUT2D eigenvalue weighted by Crippen LogP contribution is -2.35. The molecule has 0 atom stereocenters. The molecule has 0 amide bonds. The van der Waals surface area contributed by atoms with Crippen LogP contribution in [0.1, 0.15) is 31.4 Å². The molecule has 7 heteroatoms. The van der Waals surface area contributed by atoms with Crippen LogP contribution < -0.4 is 4.90 Å². The van der Waals surface area contributed by atoms with Gasteiger partial charge < -0.3 is 9.47 Å². The van der Waals surface area contributed by atoms with Crippen molar-refractivity contribution in [2.75, 3.05) is 11.4 Å². The molecule has 0 N–H and O–H groups in total. The van der Waals surface area contributed by atoms with E-state index >= 15 is 0 Å². The van der Waals surface area contributed by atoms with Crippen molar-refractivity contribution in [3.8, 4) is 0 Å². The van der Waals surface area contributed by atoms with Crippen LogP contribution in [0.15, 0.2) is 17.8 Å². The molecule has 1 aliphatic rings. The predicted octanol–water partition coefficient (Wildman–Crippen LogP) is 2.43. The fraction of sp³-hybridized carbons (Fsp3) is 0.429. The minimum atomic E-state index is 0.403. The van der Waals surface area contributed by atoms with Crippen molar-refractivity contribution in [3.05, 3.63) is 29.4 Å². The van der Waals surface area contributed by atoms with Gasteiger partial charge >= 0.3 is 0 Å². The summed E-state index contributed by atoms with van der Waals surface area (Å²) in [5.74, 6) is 3.50. The van der Waals surface area contributed by atoms with E-state index in [1.165, 1.54) is 0 Å². The molecule has 4 rings (SSSR count). The summed E-state index contributed by atoms with van der Waals surface area (Å²) in [5, 5.41) is 11.9. The monoisotopic (exact) mass is 300 g/mol. The van der Waals surface area contributed by atoms with Gasteiger partial charge in [-0.2, -0.15) is 0 Å². The van der Waals surface area contributed by atoms with Crippen LogP contribution in [-0.4, -0.2) is 31.3 Å². The molecule has 0 bridgehead atoms. The quantitative estimate of drug-likeness (QED) is 0.727. The van der Waals surface area contributed by atoms with Crippen LogP contribution in [0.5, 0.6) is 0 Å². The Morgan fingerprint density at radius 3 is 2.95 bits per heavy atom. The van der Waals surface area contributed by atoms with E-state index in [-0.39, 0.29) is 0 Å². The Labute approximate surface area is 126 Å². The topological polar surface area (TPSA) is 59.7 Å². The van der Waals surface area contributed by atoms with Gasteiger partial charge in [0.2, 0.25) is 0 Å².